The Kier molecular flexibility index (Phi) is 4.10. The van der Waals surface area contributed by atoms with E-state index in [1.807, 2.05) is 0 Å². The Morgan fingerprint density at radius 2 is 1.83 bits per heavy atom. The van der Waals surface area contributed by atoms with Gasteiger partial charge in [0, 0.05) is 12.1 Å². The van der Waals surface area contributed by atoms with Crippen LogP contribution >= 0.6 is 0 Å². The smallest absolute Gasteiger partial charge is 0.240 e. The number of nitrogens with two attached hydrogens (primary N) is 1. The van der Waals surface area contributed by atoms with Crippen LogP contribution in [0.5, 0.6) is 0 Å². The molecule has 0 spiro atoms. The molecule has 0 aliphatic heterocycles. The SMILES string of the molecule is CC(C)(CNC(=O)C(C)(N)C1CC1)NS(C)(=O)=O. The Morgan fingerprint density at radius 3 is 2.22 bits per heavy atom. The summed E-state index contributed by atoms with van der Waals surface area (Å²) in [5.41, 5.74) is 4.38. The average Bonchev–Trinajstić information content (AvgIpc) is 2.92. The van der Waals surface area contributed by atoms with E-state index in [0.717, 1.165) is 19.1 Å². The van der Waals surface area contributed by atoms with E-state index in [1.54, 1.807) is 20.8 Å². The van der Waals surface area contributed by atoms with Gasteiger partial charge in [0.15, 0.2) is 0 Å². The van der Waals surface area contributed by atoms with Gasteiger partial charge in [-0.15, -0.1) is 0 Å². The number of carbonyl (C=O) groups is 1. The molecule has 106 valence electrons. The van der Waals surface area contributed by atoms with Gasteiger partial charge < -0.3 is 11.1 Å². The molecule has 1 aliphatic rings. The van der Waals surface area contributed by atoms with Crippen molar-refractivity contribution < 1.29 is 13.2 Å². The highest BCUT2D eigenvalue weighted by atomic mass is 32.2. The highest BCUT2D eigenvalue weighted by Gasteiger charge is 2.44. The van der Waals surface area contributed by atoms with Gasteiger partial charge in [-0.2, -0.15) is 0 Å². The van der Waals surface area contributed by atoms with Gasteiger partial charge in [0.25, 0.3) is 0 Å². The fourth-order valence-electron chi connectivity index (χ4n) is 1.90. The van der Waals surface area contributed by atoms with Crippen molar-refractivity contribution in [2.75, 3.05) is 12.8 Å². The van der Waals surface area contributed by atoms with Crippen molar-refractivity contribution in [3.05, 3.63) is 0 Å². The molecule has 0 aromatic rings. The summed E-state index contributed by atoms with van der Waals surface area (Å²) in [6, 6.07) is 0. The summed E-state index contributed by atoms with van der Waals surface area (Å²) < 4.78 is 24.8. The molecule has 0 radical (unpaired) electrons. The summed E-state index contributed by atoms with van der Waals surface area (Å²) in [5.74, 6) is 0.0110. The van der Waals surface area contributed by atoms with Crippen LogP contribution in [0.25, 0.3) is 0 Å². The molecule has 0 aromatic carbocycles. The zero-order chi connectivity index (χ0) is 14.2. The maximum Gasteiger partial charge on any atom is 0.240 e. The zero-order valence-corrected chi connectivity index (χ0v) is 12.2. The molecule has 6 nitrogen and oxygen atoms in total. The van der Waals surface area contributed by atoms with Gasteiger partial charge in [0.1, 0.15) is 0 Å². The van der Waals surface area contributed by atoms with Gasteiger partial charge in [-0.25, -0.2) is 13.1 Å². The molecule has 0 bridgehead atoms. The second-order valence-electron chi connectivity index (χ2n) is 6.00. The van der Waals surface area contributed by atoms with E-state index >= 15 is 0 Å². The van der Waals surface area contributed by atoms with Crippen LogP contribution in [0.15, 0.2) is 0 Å². The van der Waals surface area contributed by atoms with Gasteiger partial charge in [-0.05, 0) is 39.5 Å². The van der Waals surface area contributed by atoms with E-state index in [9.17, 15) is 13.2 Å². The van der Waals surface area contributed by atoms with Crippen molar-refractivity contribution >= 4 is 15.9 Å². The lowest BCUT2D eigenvalue weighted by Crippen LogP contribution is -2.58. The summed E-state index contributed by atoms with van der Waals surface area (Å²) >= 11 is 0. The minimum Gasteiger partial charge on any atom is -0.353 e. The molecule has 1 unspecified atom stereocenters. The zero-order valence-electron chi connectivity index (χ0n) is 11.4. The summed E-state index contributed by atoms with van der Waals surface area (Å²) in [6.07, 6.45) is 3.05. The largest absolute Gasteiger partial charge is 0.353 e. The number of hydrogen-bond acceptors (Lipinski definition) is 4. The van der Waals surface area contributed by atoms with Gasteiger partial charge in [-0.1, -0.05) is 0 Å². The molecule has 1 aliphatic carbocycles. The van der Waals surface area contributed by atoms with Crippen LogP contribution in [0, 0.1) is 5.92 Å². The van der Waals surface area contributed by atoms with Crippen LogP contribution in [-0.2, 0) is 14.8 Å². The Morgan fingerprint density at radius 1 is 1.33 bits per heavy atom. The maximum atomic E-state index is 11.9. The second kappa shape index (κ2) is 4.79. The lowest BCUT2D eigenvalue weighted by atomic mass is 9.95. The van der Waals surface area contributed by atoms with Crippen LogP contribution in [-0.4, -0.2) is 38.2 Å². The van der Waals surface area contributed by atoms with Crippen molar-refractivity contribution in [3.8, 4) is 0 Å². The summed E-state index contributed by atoms with van der Waals surface area (Å²) in [6.45, 7) is 5.34. The van der Waals surface area contributed by atoms with Crippen molar-refractivity contribution in [1.29, 1.82) is 0 Å². The van der Waals surface area contributed by atoms with Crippen molar-refractivity contribution in [3.63, 3.8) is 0 Å². The summed E-state index contributed by atoms with van der Waals surface area (Å²) in [7, 11) is -3.30. The second-order valence-corrected chi connectivity index (χ2v) is 7.75. The first-order chi connectivity index (χ1) is 7.94. The van der Waals surface area contributed by atoms with Gasteiger partial charge in [0.2, 0.25) is 15.9 Å². The fraction of sp³-hybridized carbons (Fsp3) is 0.909. The van der Waals surface area contributed by atoms with Crippen molar-refractivity contribution in [2.45, 2.75) is 44.7 Å². The topological polar surface area (TPSA) is 101 Å². The van der Waals surface area contributed by atoms with E-state index in [-0.39, 0.29) is 18.4 Å². The first kappa shape index (κ1) is 15.4. The maximum absolute atomic E-state index is 11.9. The number of sulfonamides is 1. The van der Waals surface area contributed by atoms with Crippen LogP contribution in [0.2, 0.25) is 0 Å². The predicted octanol–water partition coefficient (Wildman–Crippen LogP) is -0.442. The predicted molar refractivity (Wildman–Crippen MR) is 70.4 cm³/mol. The molecule has 1 saturated carbocycles. The Hall–Kier alpha value is -0.660. The third-order valence-electron chi connectivity index (χ3n) is 3.07. The van der Waals surface area contributed by atoms with Crippen LogP contribution in [0.1, 0.15) is 33.6 Å². The molecule has 0 heterocycles. The molecule has 4 N–H and O–H groups in total. The molecule has 1 fully saturated rings. The normalized spacial score (nSPS) is 20.3. The van der Waals surface area contributed by atoms with Crippen molar-refractivity contribution in [1.82, 2.24) is 10.0 Å². The van der Waals surface area contributed by atoms with Crippen LogP contribution in [0.4, 0.5) is 0 Å². The summed E-state index contributed by atoms with van der Waals surface area (Å²) in [4.78, 5) is 11.9. The van der Waals surface area contributed by atoms with Crippen LogP contribution in [0.3, 0.4) is 0 Å². The number of rotatable bonds is 6. The van der Waals surface area contributed by atoms with E-state index in [0.29, 0.717) is 0 Å². The minimum atomic E-state index is -3.30. The molecule has 0 saturated heterocycles. The number of carbonyl (C=O) groups excluding carboxylic acids is 1. The molecule has 1 amide bonds. The quantitative estimate of drug-likeness (QED) is 0.612. The molecule has 0 aromatic heterocycles. The molecular formula is C11H23N3O3S. The standard InChI is InChI=1S/C11H23N3O3S/c1-10(2,14-18(4,16)17)7-13-9(15)11(3,12)8-5-6-8/h8,14H,5-7,12H2,1-4H3,(H,13,15). The molecule has 18 heavy (non-hydrogen) atoms. The molecular weight excluding hydrogens is 254 g/mol. The van der Waals surface area contributed by atoms with Gasteiger partial charge in [0.05, 0.1) is 11.8 Å². The van der Waals surface area contributed by atoms with E-state index < -0.39 is 21.1 Å². The molecule has 1 atom stereocenters. The van der Waals surface area contributed by atoms with Crippen LogP contribution < -0.4 is 15.8 Å². The van der Waals surface area contributed by atoms with Crippen molar-refractivity contribution in [2.24, 2.45) is 11.7 Å². The molecule has 7 heteroatoms. The first-order valence-corrected chi connectivity index (χ1v) is 7.89. The van der Waals surface area contributed by atoms with E-state index in [2.05, 4.69) is 10.0 Å². The Balaban J connectivity index is 2.51. The minimum absolute atomic E-state index is 0.207. The Bertz CT molecular complexity index is 425. The lowest BCUT2D eigenvalue weighted by Gasteiger charge is -2.29. The van der Waals surface area contributed by atoms with E-state index in [1.165, 1.54) is 0 Å². The number of nitrogens with one attached hydrogen (secondary N) is 2. The first-order valence-electron chi connectivity index (χ1n) is 6.00. The third-order valence-corrected chi connectivity index (χ3v) is 3.99. The number of hydrogen-bond donors (Lipinski definition) is 3. The fourth-order valence-corrected chi connectivity index (χ4v) is 2.97. The van der Waals surface area contributed by atoms with E-state index in [4.69, 9.17) is 5.73 Å². The lowest BCUT2D eigenvalue weighted by molar-refractivity contribution is -0.126. The van der Waals surface area contributed by atoms with Gasteiger partial charge in [-0.3, -0.25) is 4.79 Å². The Labute approximate surface area is 109 Å². The monoisotopic (exact) mass is 277 g/mol. The van der Waals surface area contributed by atoms with Gasteiger partial charge >= 0.3 is 0 Å². The highest BCUT2D eigenvalue weighted by Crippen LogP contribution is 2.38. The highest BCUT2D eigenvalue weighted by molar-refractivity contribution is 7.88. The summed E-state index contributed by atoms with van der Waals surface area (Å²) in [5, 5.41) is 2.72. The molecule has 1 rings (SSSR count). The third kappa shape index (κ3) is 4.55. The number of amides is 1. The average molecular weight is 277 g/mol.